The van der Waals surface area contributed by atoms with E-state index in [4.69, 9.17) is 11.3 Å². The summed E-state index contributed by atoms with van der Waals surface area (Å²) >= 11 is 0. The summed E-state index contributed by atoms with van der Waals surface area (Å²) in [4.78, 5) is 15.1. The lowest BCUT2D eigenvalue weighted by Gasteiger charge is -2.06. The summed E-state index contributed by atoms with van der Waals surface area (Å²) in [5.41, 5.74) is 16.4. The van der Waals surface area contributed by atoms with Gasteiger partial charge < -0.3 is 5.73 Å². The minimum Gasteiger partial charge on any atom is -0.398 e. The van der Waals surface area contributed by atoms with Crippen LogP contribution in [0.5, 0.6) is 0 Å². The Morgan fingerprint density at radius 2 is 2.00 bits per heavy atom. The number of ketones is 1. The van der Waals surface area contributed by atoms with E-state index in [1.54, 1.807) is 36.4 Å². The Kier molecular flexibility index (Phi) is 4.75. The Morgan fingerprint density at radius 3 is 2.71 bits per heavy atom. The molecule has 104 valence electrons. The molecule has 2 rings (SSSR count). The molecule has 0 aliphatic heterocycles. The molecule has 0 spiro atoms. The lowest BCUT2D eigenvalue weighted by molar-refractivity contribution is 0.103. The van der Waals surface area contributed by atoms with Crippen LogP contribution in [-0.2, 0) is 0 Å². The fourth-order valence-corrected chi connectivity index (χ4v) is 1.89. The molecule has 0 bridgehead atoms. The van der Waals surface area contributed by atoms with Crippen LogP contribution < -0.4 is 5.73 Å². The van der Waals surface area contributed by atoms with Gasteiger partial charge in [-0.25, -0.2) is 0 Å². The van der Waals surface area contributed by atoms with Gasteiger partial charge in [0, 0.05) is 28.3 Å². The zero-order chi connectivity index (χ0) is 15.1. The monoisotopic (exact) mass is 278 g/mol. The van der Waals surface area contributed by atoms with Crippen molar-refractivity contribution < 1.29 is 4.79 Å². The lowest BCUT2D eigenvalue weighted by atomic mass is 9.99. The Labute approximate surface area is 122 Å². The van der Waals surface area contributed by atoms with E-state index < -0.39 is 0 Å². The first-order chi connectivity index (χ1) is 10.2. The van der Waals surface area contributed by atoms with E-state index in [-0.39, 0.29) is 12.3 Å². The van der Waals surface area contributed by atoms with E-state index in [1.165, 1.54) is 0 Å². The summed E-state index contributed by atoms with van der Waals surface area (Å²) in [6, 6.07) is 14.2. The van der Waals surface area contributed by atoms with Crippen molar-refractivity contribution >= 4 is 17.5 Å². The van der Waals surface area contributed by atoms with E-state index in [1.807, 2.05) is 24.3 Å². The average Bonchev–Trinajstić information content (AvgIpc) is 2.53. The highest BCUT2D eigenvalue weighted by Crippen LogP contribution is 2.19. The lowest BCUT2D eigenvalue weighted by Crippen LogP contribution is -2.05. The molecule has 2 aromatic rings. The van der Waals surface area contributed by atoms with Crippen LogP contribution in [0.4, 0.5) is 5.69 Å². The molecule has 0 fully saturated rings. The van der Waals surface area contributed by atoms with Crippen molar-refractivity contribution in [2.24, 2.45) is 5.11 Å². The predicted molar refractivity (Wildman–Crippen MR) is 83.8 cm³/mol. The summed E-state index contributed by atoms with van der Waals surface area (Å²) in [6.45, 7) is 0.267. The molecule has 0 aliphatic rings. The van der Waals surface area contributed by atoms with Crippen molar-refractivity contribution in [3.8, 4) is 0 Å². The number of hydrogen-bond donors (Lipinski definition) is 1. The molecule has 0 aliphatic carbocycles. The van der Waals surface area contributed by atoms with Crippen LogP contribution in [0.15, 0.2) is 59.7 Å². The number of anilines is 1. The van der Waals surface area contributed by atoms with Gasteiger partial charge >= 0.3 is 0 Å². The van der Waals surface area contributed by atoms with Crippen molar-refractivity contribution in [3.05, 3.63) is 81.7 Å². The first kappa shape index (κ1) is 14.4. The molecule has 5 heteroatoms. The van der Waals surface area contributed by atoms with Gasteiger partial charge in [-0.05, 0) is 23.2 Å². The number of benzene rings is 2. The van der Waals surface area contributed by atoms with Crippen molar-refractivity contribution in [3.63, 3.8) is 0 Å². The number of nitrogens with zero attached hydrogens (tertiary/aromatic N) is 3. The first-order valence-electron chi connectivity index (χ1n) is 6.39. The third-order valence-electron chi connectivity index (χ3n) is 2.92. The molecule has 21 heavy (non-hydrogen) atoms. The molecular formula is C16H14N4O. The van der Waals surface area contributed by atoms with Gasteiger partial charge in [-0.2, -0.15) is 0 Å². The van der Waals surface area contributed by atoms with Crippen molar-refractivity contribution in [2.45, 2.75) is 0 Å². The minimum atomic E-state index is -0.113. The van der Waals surface area contributed by atoms with Gasteiger partial charge in [-0.15, -0.1) is 0 Å². The van der Waals surface area contributed by atoms with Gasteiger partial charge in [0.2, 0.25) is 0 Å². The average molecular weight is 278 g/mol. The van der Waals surface area contributed by atoms with Gasteiger partial charge in [-0.1, -0.05) is 53.7 Å². The Balaban J connectivity index is 2.29. The maximum absolute atomic E-state index is 12.4. The van der Waals surface area contributed by atoms with Gasteiger partial charge in [0.15, 0.2) is 5.78 Å². The molecule has 0 unspecified atom stereocenters. The highest BCUT2D eigenvalue weighted by atomic mass is 16.1. The summed E-state index contributed by atoms with van der Waals surface area (Å²) < 4.78 is 0. The van der Waals surface area contributed by atoms with Crippen LogP contribution in [0.3, 0.4) is 0 Å². The normalized spacial score (nSPS) is 10.3. The van der Waals surface area contributed by atoms with Crippen molar-refractivity contribution in [1.29, 1.82) is 0 Å². The summed E-state index contributed by atoms with van der Waals surface area (Å²) in [5.74, 6) is -0.113. The van der Waals surface area contributed by atoms with Gasteiger partial charge in [0.05, 0.1) is 0 Å². The maximum Gasteiger partial charge on any atom is 0.195 e. The quantitative estimate of drug-likeness (QED) is 0.296. The van der Waals surface area contributed by atoms with E-state index in [0.29, 0.717) is 16.8 Å². The van der Waals surface area contributed by atoms with Crippen molar-refractivity contribution in [1.82, 2.24) is 0 Å². The van der Waals surface area contributed by atoms with Gasteiger partial charge in [-0.3, -0.25) is 4.79 Å². The topological polar surface area (TPSA) is 91.8 Å². The van der Waals surface area contributed by atoms with Crippen LogP contribution in [0.2, 0.25) is 0 Å². The third-order valence-corrected chi connectivity index (χ3v) is 2.92. The number of nitrogen functional groups attached to an aromatic ring is 1. The summed E-state index contributed by atoms with van der Waals surface area (Å²) in [5, 5.41) is 3.41. The largest absolute Gasteiger partial charge is 0.398 e. The zero-order valence-corrected chi connectivity index (χ0v) is 11.3. The fraction of sp³-hybridized carbons (Fsp3) is 0.0625. The second-order valence-corrected chi connectivity index (χ2v) is 4.36. The molecule has 0 aromatic heterocycles. The molecule has 0 heterocycles. The maximum atomic E-state index is 12.4. The fourth-order valence-electron chi connectivity index (χ4n) is 1.89. The van der Waals surface area contributed by atoms with E-state index in [0.717, 1.165) is 5.56 Å². The standard InChI is InChI=1S/C16H14N4O/c17-15-9-8-12(5-4-10-19-20-18)11-14(15)16(21)13-6-2-1-3-7-13/h1-9,11H,10,17H2. The second kappa shape index (κ2) is 6.93. The summed E-state index contributed by atoms with van der Waals surface area (Å²) in [7, 11) is 0. The van der Waals surface area contributed by atoms with Crippen LogP contribution in [-0.4, -0.2) is 12.3 Å². The van der Waals surface area contributed by atoms with Crippen LogP contribution in [0.1, 0.15) is 21.5 Å². The molecule has 0 radical (unpaired) electrons. The number of azide groups is 1. The highest BCUT2D eigenvalue weighted by molar-refractivity contribution is 6.12. The predicted octanol–water partition coefficient (Wildman–Crippen LogP) is 3.82. The third kappa shape index (κ3) is 3.72. The van der Waals surface area contributed by atoms with Crippen LogP contribution >= 0.6 is 0 Å². The zero-order valence-electron chi connectivity index (χ0n) is 11.3. The first-order valence-corrected chi connectivity index (χ1v) is 6.39. The van der Waals surface area contributed by atoms with Crippen molar-refractivity contribution in [2.75, 3.05) is 12.3 Å². The van der Waals surface area contributed by atoms with E-state index >= 15 is 0 Å². The Bertz CT molecular complexity index is 716. The molecule has 0 atom stereocenters. The molecule has 5 nitrogen and oxygen atoms in total. The van der Waals surface area contributed by atoms with Gasteiger partial charge in [0.1, 0.15) is 0 Å². The number of carbonyl (C=O) groups excluding carboxylic acids is 1. The van der Waals surface area contributed by atoms with Crippen LogP contribution in [0.25, 0.3) is 16.5 Å². The molecular weight excluding hydrogens is 264 g/mol. The molecule has 2 aromatic carbocycles. The molecule has 0 saturated heterocycles. The Hall–Kier alpha value is -3.04. The SMILES string of the molecule is [N-]=[N+]=NCC=Cc1ccc(N)c(C(=O)c2ccccc2)c1. The van der Waals surface area contributed by atoms with E-state index in [9.17, 15) is 4.79 Å². The van der Waals surface area contributed by atoms with Crippen LogP contribution in [0, 0.1) is 0 Å². The number of carbonyl (C=O) groups is 1. The number of rotatable bonds is 5. The van der Waals surface area contributed by atoms with E-state index in [2.05, 4.69) is 10.0 Å². The molecule has 0 amide bonds. The smallest absolute Gasteiger partial charge is 0.195 e. The number of nitrogens with two attached hydrogens (primary N) is 1. The minimum absolute atomic E-state index is 0.113. The number of hydrogen-bond acceptors (Lipinski definition) is 3. The molecule has 2 N–H and O–H groups in total. The Morgan fingerprint density at radius 1 is 1.24 bits per heavy atom. The second-order valence-electron chi connectivity index (χ2n) is 4.36. The summed E-state index contributed by atoms with van der Waals surface area (Å²) in [6.07, 6.45) is 3.51. The molecule has 0 saturated carbocycles. The highest BCUT2D eigenvalue weighted by Gasteiger charge is 2.12. The van der Waals surface area contributed by atoms with Gasteiger partial charge in [0.25, 0.3) is 0 Å².